The molecule has 1 N–H and O–H groups in total. The monoisotopic (exact) mass is 372 g/mol. The SMILES string of the molecule is O=C(NCc1ccccc1)c1nc(-c2ccc(F)cc2)n(-c2ccccc2)n1. The molecule has 1 heterocycles. The third kappa shape index (κ3) is 3.81. The van der Waals surface area contributed by atoms with Crippen molar-refractivity contribution in [2.45, 2.75) is 6.54 Å². The van der Waals surface area contributed by atoms with Gasteiger partial charge in [0.2, 0.25) is 5.82 Å². The highest BCUT2D eigenvalue weighted by atomic mass is 19.1. The Morgan fingerprint density at radius 1 is 0.893 bits per heavy atom. The van der Waals surface area contributed by atoms with Crippen molar-refractivity contribution in [3.05, 3.63) is 102 Å². The lowest BCUT2D eigenvalue weighted by Crippen LogP contribution is -2.24. The number of para-hydroxylation sites is 1. The number of amides is 1. The van der Waals surface area contributed by atoms with E-state index < -0.39 is 0 Å². The number of hydrogen-bond acceptors (Lipinski definition) is 3. The van der Waals surface area contributed by atoms with Gasteiger partial charge in [0.25, 0.3) is 5.91 Å². The summed E-state index contributed by atoms with van der Waals surface area (Å²) in [6, 6.07) is 24.9. The van der Waals surface area contributed by atoms with Gasteiger partial charge in [-0.25, -0.2) is 14.1 Å². The summed E-state index contributed by atoms with van der Waals surface area (Å²) in [5.74, 6) is -0.188. The molecule has 0 aliphatic heterocycles. The topological polar surface area (TPSA) is 59.8 Å². The van der Waals surface area contributed by atoms with Crippen LogP contribution in [0.3, 0.4) is 0 Å². The first kappa shape index (κ1) is 17.6. The fraction of sp³-hybridized carbons (Fsp3) is 0.0455. The fourth-order valence-corrected chi connectivity index (χ4v) is 2.80. The van der Waals surface area contributed by atoms with E-state index in [9.17, 15) is 9.18 Å². The molecule has 0 saturated carbocycles. The number of hydrogen-bond donors (Lipinski definition) is 1. The molecule has 0 spiro atoms. The van der Waals surface area contributed by atoms with Crippen LogP contribution in [-0.2, 0) is 6.54 Å². The molecular weight excluding hydrogens is 355 g/mol. The van der Waals surface area contributed by atoms with Crippen molar-refractivity contribution in [2.24, 2.45) is 0 Å². The maximum absolute atomic E-state index is 13.3. The number of nitrogens with zero attached hydrogens (tertiary/aromatic N) is 3. The lowest BCUT2D eigenvalue weighted by Gasteiger charge is -2.05. The molecule has 0 saturated heterocycles. The Morgan fingerprint density at radius 2 is 1.54 bits per heavy atom. The number of carbonyl (C=O) groups is 1. The summed E-state index contributed by atoms with van der Waals surface area (Å²) in [5, 5.41) is 7.22. The van der Waals surface area contributed by atoms with Gasteiger partial charge >= 0.3 is 0 Å². The highest BCUT2D eigenvalue weighted by molar-refractivity contribution is 5.91. The first-order valence-electron chi connectivity index (χ1n) is 8.81. The summed E-state index contributed by atoms with van der Waals surface area (Å²) in [6.07, 6.45) is 0. The Balaban J connectivity index is 1.66. The van der Waals surface area contributed by atoms with Gasteiger partial charge in [0, 0.05) is 12.1 Å². The molecule has 3 aromatic carbocycles. The van der Waals surface area contributed by atoms with Crippen molar-refractivity contribution in [1.82, 2.24) is 20.1 Å². The quantitative estimate of drug-likeness (QED) is 0.576. The number of nitrogens with one attached hydrogen (secondary N) is 1. The van der Waals surface area contributed by atoms with Crippen LogP contribution in [0, 0.1) is 5.82 Å². The van der Waals surface area contributed by atoms with Crippen LogP contribution in [-0.4, -0.2) is 20.7 Å². The Labute approximate surface area is 161 Å². The molecule has 0 aliphatic carbocycles. The first-order valence-corrected chi connectivity index (χ1v) is 8.81. The van der Waals surface area contributed by atoms with E-state index in [-0.39, 0.29) is 17.5 Å². The van der Waals surface area contributed by atoms with Gasteiger partial charge in [0.15, 0.2) is 5.82 Å². The summed E-state index contributed by atoms with van der Waals surface area (Å²) in [6.45, 7) is 0.380. The van der Waals surface area contributed by atoms with Gasteiger partial charge in [-0.2, -0.15) is 0 Å². The zero-order valence-electron chi connectivity index (χ0n) is 14.9. The molecule has 1 aromatic heterocycles. The molecule has 4 rings (SSSR count). The molecule has 5 nitrogen and oxygen atoms in total. The Morgan fingerprint density at radius 3 is 2.21 bits per heavy atom. The first-order chi connectivity index (χ1) is 13.7. The fourth-order valence-electron chi connectivity index (χ4n) is 2.80. The molecule has 0 radical (unpaired) electrons. The molecule has 0 aliphatic rings. The summed E-state index contributed by atoms with van der Waals surface area (Å²) in [5.41, 5.74) is 2.41. The van der Waals surface area contributed by atoms with E-state index in [1.165, 1.54) is 12.1 Å². The minimum Gasteiger partial charge on any atom is -0.345 e. The number of benzene rings is 3. The zero-order valence-corrected chi connectivity index (χ0v) is 14.9. The molecule has 4 aromatic rings. The Kier molecular flexibility index (Phi) is 4.93. The zero-order chi connectivity index (χ0) is 19.3. The van der Waals surface area contributed by atoms with E-state index in [1.54, 1.807) is 16.8 Å². The van der Waals surface area contributed by atoms with E-state index in [4.69, 9.17) is 0 Å². The maximum Gasteiger partial charge on any atom is 0.291 e. The molecule has 1 amide bonds. The molecule has 0 unspecified atom stereocenters. The standard InChI is InChI=1S/C22H17FN4O/c23-18-13-11-17(12-14-18)21-25-20(26-27(21)19-9-5-2-6-10-19)22(28)24-15-16-7-3-1-4-8-16/h1-14H,15H2,(H,24,28). The smallest absolute Gasteiger partial charge is 0.291 e. The van der Waals surface area contributed by atoms with Crippen LogP contribution in [0.15, 0.2) is 84.9 Å². The van der Waals surface area contributed by atoms with Crippen molar-refractivity contribution in [3.8, 4) is 17.1 Å². The number of halogens is 1. The summed E-state index contributed by atoms with van der Waals surface area (Å²) >= 11 is 0. The normalized spacial score (nSPS) is 10.6. The molecule has 138 valence electrons. The third-order valence-corrected chi connectivity index (χ3v) is 4.21. The van der Waals surface area contributed by atoms with Crippen LogP contribution in [0.1, 0.15) is 16.2 Å². The van der Waals surface area contributed by atoms with Gasteiger partial charge in [-0.05, 0) is 42.0 Å². The predicted molar refractivity (Wildman–Crippen MR) is 104 cm³/mol. The minimum atomic E-state index is -0.373. The molecule has 0 atom stereocenters. The summed E-state index contributed by atoms with van der Waals surface area (Å²) in [4.78, 5) is 17.0. The number of aromatic nitrogens is 3. The second-order valence-electron chi connectivity index (χ2n) is 6.18. The van der Waals surface area contributed by atoms with E-state index in [0.717, 1.165) is 11.3 Å². The van der Waals surface area contributed by atoms with Crippen LogP contribution >= 0.6 is 0 Å². The molecule has 0 fully saturated rings. The van der Waals surface area contributed by atoms with Crippen molar-refractivity contribution in [2.75, 3.05) is 0 Å². The van der Waals surface area contributed by atoms with E-state index in [2.05, 4.69) is 15.4 Å². The van der Waals surface area contributed by atoms with Gasteiger partial charge in [-0.1, -0.05) is 48.5 Å². The second-order valence-corrected chi connectivity index (χ2v) is 6.18. The average Bonchev–Trinajstić information content (AvgIpc) is 3.19. The third-order valence-electron chi connectivity index (χ3n) is 4.21. The van der Waals surface area contributed by atoms with Gasteiger partial charge in [0.1, 0.15) is 5.82 Å². The Bertz CT molecular complexity index is 1080. The van der Waals surface area contributed by atoms with E-state index in [1.807, 2.05) is 60.7 Å². The molecule has 6 heteroatoms. The largest absolute Gasteiger partial charge is 0.345 e. The minimum absolute atomic E-state index is 0.0547. The second kappa shape index (κ2) is 7.84. The maximum atomic E-state index is 13.3. The Hall–Kier alpha value is -3.80. The summed E-state index contributed by atoms with van der Waals surface area (Å²) in [7, 11) is 0. The highest BCUT2D eigenvalue weighted by Gasteiger charge is 2.18. The lowest BCUT2D eigenvalue weighted by atomic mass is 10.2. The van der Waals surface area contributed by atoms with Crippen LogP contribution in [0.4, 0.5) is 4.39 Å². The van der Waals surface area contributed by atoms with Gasteiger partial charge in [-0.15, -0.1) is 5.10 Å². The van der Waals surface area contributed by atoms with Crippen molar-refractivity contribution in [1.29, 1.82) is 0 Å². The van der Waals surface area contributed by atoms with Crippen molar-refractivity contribution < 1.29 is 9.18 Å². The molecule has 0 bridgehead atoms. The summed E-state index contributed by atoms with van der Waals surface area (Å²) < 4.78 is 14.9. The van der Waals surface area contributed by atoms with Crippen molar-refractivity contribution in [3.63, 3.8) is 0 Å². The number of rotatable bonds is 5. The lowest BCUT2D eigenvalue weighted by molar-refractivity contribution is 0.0940. The molecular formula is C22H17FN4O. The predicted octanol–water partition coefficient (Wildman–Crippen LogP) is 4.00. The average molecular weight is 372 g/mol. The van der Waals surface area contributed by atoms with E-state index >= 15 is 0 Å². The van der Waals surface area contributed by atoms with Crippen molar-refractivity contribution >= 4 is 5.91 Å². The van der Waals surface area contributed by atoms with Gasteiger partial charge in [-0.3, -0.25) is 4.79 Å². The van der Waals surface area contributed by atoms with E-state index in [0.29, 0.717) is 17.9 Å². The van der Waals surface area contributed by atoms with Crippen LogP contribution in [0.2, 0.25) is 0 Å². The van der Waals surface area contributed by atoms with Gasteiger partial charge in [0.05, 0.1) is 5.69 Å². The number of carbonyl (C=O) groups excluding carboxylic acids is 1. The van der Waals surface area contributed by atoms with Crippen LogP contribution in [0.5, 0.6) is 0 Å². The van der Waals surface area contributed by atoms with Gasteiger partial charge < -0.3 is 5.32 Å². The van der Waals surface area contributed by atoms with Crippen LogP contribution in [0.25, 0.3) is 17.1 Å². The molecule has 28 heavy (non-hydrogen) atoms. The highest BCUT2D eigenvalue weighted by Crippen LogP contribution is 2.21. The van der Waals surface area contributed by atoms with Crippen LogP contribution < -0.4 is 5.32 Å².